The lowest BCUT2D eigenvalue weighted by Gasteiger charge is -2.12. The predicted molar refractivity (Wildman–Crippen MR) is 125 cm³/mol. The van der Waals surface area contributed by atoms with Gasteiger partial charge in [0.25, 0.3) is 0 Å². The van der Waals surface area contributed by atoms with Crippen LogP contribution < -0.4 is 14.8 Å². The second kappa shape index (κ2) is 11.1. The molecule has 1 amide bonds. The van der Waals surface area contributed by atoms with Gasteiger partial charge >= 0.3 is 0 Å². The minimum absolute atomic E-state index is 0.0488. The maximum absolute atomic E-state index is 12.4. The Morgan fingerprint density at radius 3 is 2.59 bits per heavy atom. The molecule has 3 aromatic rings. The molecule has 4 rings (SSSR count). The summed E-state index contributed by atoms with van der Waals surface area (Å²) >= 11 is 1.54. The summed E-state index contributed by atoms with van der Waals surface area (Å²) in [7, 11) is 0. The highest BCUT2D eigenvalue weighted by Crippen LogP contribution is 2.26. The van der Waals surface area contributed by atoms with Gasteiger partial charge in [0.2, 0.25) is 5.91 Å². The first kappa shape index (κ1) is 22.3. The van der Waals surface area contributed by atoms with Crippen molar-refractivity contribution in [1.29, 1.82) is 0 Å². The van der Waals surface area contributed by atoms with Gasteiger partial charge < -0.3 is 19.5 Å². The molecule has 0 saturated carbocycles. The number of thiazole rings is 1. The van der Waals surface area contributed by atoms with Gasteiger partial charge in [0.15, 0.2) is 0 Å². The second-order valence-electron chi connectivity index (χ2n) is 7.64. The van der Waals surface area contributed by atoms with E-state index in [2.05, 4.69) is 10.3 Å². The van der Waals surface area contributed by atoms with Gasteiger partial charge in [0.05, 0.1) is 24.8 Å². The number of benzene rings is 2. The lowest BCUT2D eigenvalue weighted by atomic mass is 10.2. The summed E-state index contributed by atoms with van der Waals surface area (Å²) in [5.41, 5.74) is 2.82. The third-order valence-electron chi connectivity index (χ3n) is 5.18. The molecule has 0 spiro atoms. The fourth-order valence-electron chi connectivity index (χ4n) is 3.48. The zero-order valence-electron chi connectivity index (χ0n) is 18.2. The van der Waals surface area contributed by atoms with Gasteiger partial charge in [-0.1, -0.05) is 12.1 Å². The summed E-state index contributed by atoms with van der Waals surface area (Å²) in [6.07, 6.45) is 2.63. The number of aromatic nitrogens is 1. The molecule has 32 heavy (non-hydrogen) atoms. The van der Waals surface area contributed by atoms with E-state index in [0.717, 1.165) is 52.8 Å². The Hall–Kier alpha value is -2.90. The second-order valence-corrected chi connectivity index (χ2v) is 8.50. The van der Waals surface area contributed by atoms with Crippen LogP contribution in [0.2, 0.25) is 0 Å². The Kier molecular flexibility index (Phi) is 7.74. The number of carbonyl (C=O) groups excluding carboxylic acids is 1. The summed E-state index contributed by atoms with van der Waals surface area (Å²) in [4.78, 5) is 17.0. The first-order chi connectivity index (χ1) is 15.7. The normalized spacial score (nSPS) is 15.5. The summed E-state index contributed by atoms with van der Waals surface area (Å²) in [5.74, 6) is 1.61. The standard InChI is InChI=1S/C25H28N2O4S/c1-2-29-21-11-7-19(8-12-21)25-27-20(17-32-25)14-24(28)26-15-18-5-9-22(10-6-18)31-16-23-4-3-13-30-23/h5-12,17,23H,2-4,13-16H2,1H3,(H,26,28). The van der Waals surface area contributed by atoms with Crippen LogP contribution in [0, 0.1) is 0 Å². The molecule has 1 N–H and O–H groups in total. The maximum Gasteiger partial charge on any atom is 0.226 e. The third-order valence-corrected chi connectivity index (χ3v) is 6.12. The van der Waals surface area contributed by atoms with Crippen molar-refractivity contribution in [1.82, 2.24) is 10.3 Å². The Balaban J connectivity index is 1.22. The number of rotatable bonds is 10. The number of carbonyl (C=O) groups is 1. The number of hydrogen-bond acceptors (Lipinski definition) is 6. The molecule has 0 aliphatic carbocycles. The van der Waals surface area contributed by atoms with Crippen molar-refractivity contribution in [3.8, 4) is 22.1 Å². The molecule has 0 bridgehead atoms. The number of nitrogens with one attached hydrogen (secondary N) is 1. The van der Waals surface area contributed by atoms with Crippen molar-refractivity contribution in [3.63, 3.8) is 0 Å². The molecule has 168 valence electrons. The van der Waals surface area contributed by atoms with Crippen LogP contribution in [-0.2, 0) is 22.5 Å². The van der Waals surface area contributed by atoms with Gasteiger partial charge in [0, 0.05) is 24.1 Å². The van der Waals surface area contributed by atoms with Gasteiger partial charge in [-0.15, -0.1) is 11.3 Å². The smallest absolute Gasteiger partial charge is 0.226 e. The average molecular weight is 453 g/mol. The monoisotopic (exact) mass is 452 g/mol. The van der Waals surface area contributed by atoms with Crippen LogP contribution in [0.1, 0.15) is 31.0 Å². The third kappa shape index (κ3) is 6.31. The van der Waals surface area contributed by atoms with Crippen LogP contribution in [0.25, 0.3) is 10.6 Å². The Morgan fingerprint density at radius 2 is 1.88 bits per heavy atom. The van der Waals surface area contributed by atoms with Gasteiger partial charge in [0.1, 0.15) is 23.1 Å². The molecule has 2 aromatic carbocycles. The summed E-state index contributed by atoms with van der Waals surface area (Å²) in [6, 6.07) is 15.6. The van der Waals surface area contributed by atoms with E-state index in [1.165, 1.54) is 11.3 Å². The molecular formula is C25H28N2O4S. The Bertz CT molecular complexity index is 996. The maximum atomic E-state index is 12.4. The summed E-state index contributed by atoms with van der Waals surface area (Å²) in [5, 5.41) is 5.80. The molecule has 1 saturated heterocycles. The van der Waals surface area contributed by atoms with Crippen LogP contribution in [0.4, 0.5) is 0 Å². The highest BCUT2D eigenvalue weighted by Gasteiger charge is 2.16. The molecule has 6 nitrogen and oxygen atoms in total. The van der Waals surface area contributed by atoms with E-state index in [-0.39, 0.29) is 18.4 Å². The lowest BCUT2D eigenvalue weighted by molar-refractivity contribution is -0.120. The van der Waals surface area contributed by atoms with E-state index in [0.29, 0.717) is 19.8 Å². The number of amides is 1. The fourth-order valence-corrected chi connectivity index (χ4v) is 4.30. The van der Waals surface area contributed by atoms with Gasteiger partial charge in [-0.25, -0.2) is 4.98 Å². The molecule has 2 heterocycles. The lowest BCUT2D eigenvalue weighted by Crippen LogP contribution is -2.24. The zero-order valence-corrected chi connectivity index (χ0v) is 19.0. The van der Waals surface area contributed by atoms with Crippen molar-refractivity contribution in [2.75, 3.05) is 19.8 Å². The minimum atomic E-state index is -0.0488. The largest absolute Gasteiger partial charge is 0.494 e. The molecule has 1 fully saturated rings. The molecule has 0 radical (unpaired) electrons. The van der Waals surface area contributed by atoms with E-state index < -0.39 is 0 Å². The first-order valence-corrected chi connectivity index (χ1v) is 11.9. The number of ether oxygens (including phenoxy) is 3. The van der Waals surface area contributed by atoms with E-state index in [1.54, 1.807) is 0 Å². The number of hydrogen-bond donors (Lipinski definition) is 1. The quantitative estimate of drug-likeness (QED) is 0.486. The SMILES string of the molecule is CCOc1ccc(-c2nc(CC(=O)NCc3ccc(OCC4CCCO4)cc3)cs2)cc1. The van der Waals surface area contributed by atoms with Crippen molar-refractivity contribution >= 4 is 17.2 Å². The van der Waals surface area contributed by atoms with Crippen molar-refractivity contribution in [2.24, 2.45) is 0 Å². The van der Waals surface area contributed by atoms with Gasteiger partial charge in [-0.3, -0.25) is 4.79 Å². The molecule has 1 unspecified atom stereocenters. The topological polar surface area (TPSA) is 69.7 Å². The molecule has 1 aliphatic heterocycles. The fraction of sp³-hybridized carbons (Fsp3) is 0.360. The van der Waals surface area contributed by atoms with Crippen molar-refractivity contribution in [3.05, 3.63) is 65.2 Å². The van der Waals surface area contributed by atoms with Crippen LogP contribution in [-0.4, -0.2) is 36.8 Å². The molecule has 7 heteroatoms. The van der Waals surface area contributed by atoms with E-state index in [4.69, 9.17) is 14.2 Å². The van der Waals surface area contributed by atoms with Crippen LogP contribution in [0.15, 0.2) is 53.9 Å². The summed E-state index contributed by atoms with van der Waals surface area (Å²) < 4.78 is 16.8. The van der Waals surface area contributed by atoms with E-state index in [9.17, 15) is 4.79 Å². The average Bonchev–Trinajstić information content (AvgIpc) is 3.50. The Labute approximate surface area is 192 Å². The number of nitrogens with zero attached hydrogens (tertiary/aromatic N) is 1. The van der Waals surface area contributed by atoms with Crippen LogP contribution >= 0.6 is 11.3 Å². The van der Waals surface area contributed by atoms with Crippen LogP contribution in [0.5, 0.6) is 11.5 Å². The Morgan fingerprint density at radius 1 is 1.12 bits per heavy atom. The molecule has 1 aliphatic rings. The highest BCUT2D eigenvalue weighted by atomic mass is 32.1. The van der Waals surface area contributed by atoms with E-state index >= 15 is 0 Å². The summed E-state index contributed by atoms with van der Waals surface area (Å²) in [6.45, 7) is 4.49. The van der Waals surface area contributed by atoms with Gasteiger partial charge in [-0.2, -0.15) is 0 Å². The molecule has 1 aromatic heterocycles. The van der Waals surface area contributed by atoms with Crippen molar-refractivity contribution in [2.45, 2.75) is 38.8 Å². The molecular weight excluding hydrogens is 424 g/mol. The van der Waals surface area contributed by atoms with Gasteiger partial charge in [-0.05, 0) is 61.7 Å². The van der Waals surface area contributed by atoms with Crippen LogP contribution in [0.3, 0.4) is 0 Å². The molecule has 1 atom stereocenters. The first-order valence-electron chi connectivity index (χ1n) is 11.0. The highest BCUT2D eigenvalue weighted by molar-refractivity contribution is 7.13. The predicted octanol–water partition coefficient (Wildman–Crippen LogP) is 4.63. The van der Waals surface area contributed by atoms with Crippen molar-refractivity contribution < 1.29 is 19.0 Å². The zero-order chi connectivity index (χ0) is 22.2. The van der Waals surface area contributed by atoms with E-state index in [1.807, 2.05) is 60.8 Å². The minimum Gasteiger partial charge on any atom is -0.494 e.